The molecule has 0 spiro atoms. The maximum atomic E-state index is 5.68. The van der Waals surface area contributed by atoms with E-state index in [0.29, 0.717) is 5.69 Å². The first-order chi connectivity index (χ1) is 8.75. The molecule has 0 saturated heterocycles. The molecule has 0 amide bonds. The lowest BCUT2D eigenvalue weighted by atomic mass is 9.98. The van der Waals surface area contributed by atoms with Crippen LogP contribution in [0.15, 0.2) is 54.7 Å². The van der Waals surface area contributed by atoms with Crippen LogP contribution in [0.5, 0.6) is 0 Å². The molecule has 0 aliphatic carbocycles. The fraction of sp³-hybridized carbons (Fsp3) is 0.0625. The summed E-state index contributed by atoms with van der Waals surface area (Å²) in [5, 5.41) is 2.50. The number of pyridine rings is 1. The Morgan fingerprint density at radius 3 is 2.39 bits per heavy atom. The van der Waals surface area contributed by atoms with Crippen LogP contribution in [0.2, 0.25) is 0 Å². The van der Waals surface area contributed by atoms with Gasteiger partial charge in [-0.1, -0.05) is 36.4 Å². The minimum absolute atomic E-state index is 0.690. The summed E-state index contributed by atoms with van der Waals surface area (Å²) in [6.45, 7) is 2.13. The van der Waals surface area contributed by atoms with E-state index in [4.69, 9.17) is 5.73 Å². The van der Waals surface area contributed by atoms with Gasteiger partial charge in [-0.25, -0.2) is 0 Å². The Labute approximate surface area is 106 Å². The number of aryl methyl sites for hydroxylation is 1. The normalized spacial score (nSPS) is 10.7. The second-order valence-electron chi connectivity index (χ2n) is 4.45. The van der Waals surface area contributed by atoms with Crippen molar-refractivity contribution in [3.63, 3.8) is 0 Å². The number of nitrogen functional groups attached to an aromatic ring is 1. The van der Waals surface area contributed by atoms with Gasteiger partial charge in [0, 0.05) is 5.56 Å². The summed E-state index contributed by atoms with van der Waals surface area (Å²) in [5.74, 6) is 0. The molecule has 0 saturated carbocycles. The second-order valence-corrected chi connectivity index (χ2v) is 4.45. The third-order valence-corrected chi connectivity index (χ3v) is 3.20. The van der Waals surface area contributed by atoms with Crippen LogP contribution in [-0.4, -0.2) is 4.98 Å². The second kappa shape index (κ2) is 4.15. The Morgan fingerprint density at radius 1 is 0.889 bits per heavy atom. The molecule has 88 valence electrons. The maximum absolute atomic E-state index is 5.68. The van der Waals surface area contributed by atoms with E-state index in [2.05, 4.69) is 48.3 Å². The highest BCUT2D eigenvalue weighted by molar-refractivity contribution is 5.97. The zero-order valence-corrected chi connectivity index (χ0v) is 10.2. The smallest absolute Gasteiger partial charge is 0.0709 e. The van der Waals surface area contributed by atoms with E-state index >= 15 is 0 Å². The molecule has 1 heterocycles. The SMILES string of the molecule is Cc1ccc(-c2ccc(N)cn2)c2ccccc12. The van der Waals surface area contributed by atoms with Gasteiger partial charge >= 0.3 is 0 Å². The first kappa shape index (κ1) is 10.8. The third kappa shape index (κ3) is 1.72. The van der Waals surface area contributed by atoms with Gasteiger partial charge in [-0.2, -0.15) is 0 Å². The summed E-state index contributed by atoms with van der Waals surface area (Å²) in [5.41, 5.74) is 9.76. The van der Waals surface area contributed by atoms with Gasteiger partial charge in [-0.05, 0) is 35.4 Å². The summed E-state index contributed by atoms with van der Waals surface area (Å²) in [6.07, 6.45) is 1.70. The molecule has 18 heavy (non-hydrogen) atoms. The highest BCUT2D eigenvalue weighted by Crippen LogP contribution is 2.29. The number of fused-ring (bicyclic) bond motifs is 1. The fourth-order valence-corrected chi connectivity index (χ4v) is 2.24. The number of hydrogen-bond donors (Lipinski definition) is 1. The van der Waals surface area contributed by atoms with Crippen molar-refractivity contribution >= 4 is 16.5 Å². The average Bonchev–Trinajstić information content (AvgIpc) is 2.41. The van der Waals surface area contributed by atoms with Crippen LogP contribution in [0.25, 0.3) is 22.0 Å². The van der Waals surface area contributed by atoms with Crippen molar-refractivity contribution in [1.29, 1.82) is 0 Å². The molecule has 0 unspecified atom stereocenters. The Morgan fingerprint density at radius 2 is 1.67 bits per heavy atom. The summed E-state index contributed by atoms with van der Waals surface area (Å²) >= 11 is 0. The minimum Gasteiger partial charge on any atom is -0.397 e. The van der Waals surface area contributed by atoms with Crippen molar-refractivity contribution in [1.82, 2.24) is 4.98 Å². The Kier molecular flexibility index (Phi) is 2.49. The van der Waals surface area contributed by atoms with Gasteiger partial charge in [0.05, 0.1) is 17.6 Å². The standard InChI is InChI=1S/C16H14N2/c1-11-6-8-15(14-5-3-2-4-13(11)14)16-9-7-12(17)10-18-16/h2-10H,17H2,1H3. The van der Waals surface area contributed by atoms with Crippen molar-refractivity contribution in [3.05, 3.63) is 60.3 Å². The number of rotatable bonds is 1. The molecule has 2 aromatic carbocycles. The molecule has 2 nitrogen and oxygen atoms in total. The summed E-state index contributed by atoms with van der Waals surface area (Å²) < 4.78 is 0. The molecule has 2 heteroatoms. The van der Waals surface area contributed by atoms with Crippen molar-refractivity contribution in [2.75, 3.05) is 5.73 Å². The number of hydrogen-bond acceptors (Lipinski definition) is 2. The predicted molar refractivity (Wildman–Crippen MR) is 76.3 cm³/mol. The molecule has 3 aromatic rings. The lowest BCUT2D eigenvalue weighted by molar-refractivity contribution is 1.33. The van der Waals surface area contributed by atoms with E-state index in [0.717, 1.165) is 11.3 Å². The van der Waals surface area contributed by atoms with Gasteiger partial charge in [0.25, 0.3) is 0 Å². The zero-order chi connectivity index (χ0) is 12.5. The van der Waals surface area contributed by atoms with Crippen LogP contribution in [0.3, 0.4) is 0 Å². The highest BCUT2D eigenvalue weighted by Gasteiger charge is 2.06. The first-order valence-corrected chi connectivity index (χ1v) is 5.96. The largest absolute Gasteiger partial charge is 0.397 e. The first-order valence-electron chi connectivity index (χ1n) is 5.96. The van der Waals surface area contributed by atoms with Gasteiger partial charge in [0.2, 0.25) is 0 Å². The molecule has 0 atom stereocenters. The highest BCUT2D eigenvalue weighted by atomic mass is 14.7. The number of aromatic nitrogens is 1. The van der Waals surface area contributed by atoms with Gasteiger partial charge in [0.1, 0.15) is 0 Å². The molecule has 0 fully saturated rings. The van der Waals surface area contributed by atoms with Crippen molar-refractivity contribution < 1.29 is 0 Å². The molecule has 0 aliphatic heterocycles. The Hall–Kier alpha value is -2.35. The van der Waals surface area contributed by atoms with E-state index < -0.39 is 0 Å². The van der Waals surface area contributed by atoms with Crippen LogP contribution in [-0.2, 0) is 0 Å². The quantitative estimate of drug-likeness (QED) is 0.695. The Bertz CT molecular complexity index is 700. The van der Waals surface area contributed by atoms with Crippen LogP contribution in [0.1, 0.15) is 5.56 Å². The van der Waals surface area contributed by atoms with Crippen LogP contribution >= 0.6 is 0 Å². The lowest BCUT2D eigenvalue weighted by Crippen LogP contribution is -1.90. The molecule has 1 aromatic heterocycles. The average molecular weight is 234 g/mol. The predicted octanol–water partition coefficient (Wildman–Crippen LogP) is 3.79. The van der Waals surface area contributed by atoms with Gasteiger partial charge in [-0.3, -0.25) is 4.98 Å². The molecular formula is C16H14N2. The van der Waals surface area contributed by atoms with E-state index in [1.807, 2.05) is 12.1 Å². The fourth-order valence-electron chi connectivity index (χ4n) is 2.24. The zero-order valence-electron chi connectivity index (χ0n) is 10.2. The van der Waals surface area contributed by atoms with E-state index in [-0.39, 0.29) is 0 Å². The number of nitrogens with two attached hydrogens (primary N) is 1. The third-order valence-electron chi connectivity index (χ3n) is 3.20. The summed E-state index contributed by atoms with van der Waals surface area (Å²) in [7, 11) is 0. The number of nitrogens with zero attached hydrogens (tertiary/aromatic N) is 1. The molecule has 0 bridgehead atoms. The van der Waals surface area contributed by atoms with E-state index in [9.17, 15) is 0 Å². The molecule has 2 N–H and O–H groups in total. The Balaban J connectivity index is 2.30. The number of anilines is 1. The summed E-state index contributed by atoms with van der Waals surface area (Å²) in [6, 6.07) is 16.5. The van der Waals surface area contributed by atoms with Gasteiger partial charge in [0.15, 0.2) is 0 Å². The van der Waals surface area contributed by atoms with Crippen LogP contribution in [0, 0.1) is 6.92 Å². The molecule has 0 aliphatic rings. The van der Waals surface area contributed by atoms with E-state index in [1.54, 1.807) is 6.20 Å². The molecule has 3 rings (SSSR count). The summed E-state index contributed by atoms with van der Waals surface area (Å²) in [4.78, 5) is 4.40. The van der Waals surface area contributed by atoms with Crippen molar-refractivity contribution in [2.45, 2.75) is 6.92 Å². The lowest BCUT2D eigenvalue weighted by Gasteiger charge is -2.08. The van der Waals surface area contributed by atoms with Gasteiger partial charge in [-0.15, -0.1) is 0 Å². The van der Waals surface area contributed by atoms with Crippen molar-refractivity contribution in [2.24, 2.45) is 0 Å². The van der Waals surface area contributed by atoms with Crippen LogP contribution in [0.4, 0.5) is 5.69 Å². The van der Waals surface area contributed by atoms with Crippen LogP contribution < -0.4 is 5.73 Å². The minimum atomic E-state index is 0.690. The van der Waals surface area contributed by atoms with Gasteiger partial charge < -0.3 is 5.73 Å². The maximum Gasteiger partial charge on any atom is 0.0709 e. The topological polar surface area (TPSA) is 38.9 Å². The molecule has 0 radical (unpaired) electrons. The number of benzene rings is 2. The molecular weight excluding hydrogens is 220 g/mol. The monoisotopic (exact) mass is 234 g/mol. The van der Waals surface area contributed by atoms with E-state index in [1.165, 1.54) is 16.3 Å². The van der Waals surface area contributed by atoms with Crippen molar-refractivity contribution in [3.8, 4) is 11.3 Å².